The van der Waals surface area contributed by atoms with Crippen molar-refractivity contribution in [3.8, 4) is 22.9 Å². The normalized spacial score (nSPS) is 14.9. The fourth-order valence-electron chi connectivity index (χ4n) is 3.48. The van der Waals surface area contributed by atoms with Gasteiger partial charge in [0.1, 0.15) is 23.7 Å². The van der Waals surface area contributed by atoms with Crippen molar-refractivity contribution in [3.05, 3.63) is 36.7 Å². The number of imidazole rings is 1. The summed E-state index contributed by atoms with van der Waals surface area (Å²) in [6, 6.07) is 7.10. The summed E-state index contributed by atoms with van der Waals surface area (Å²) < 4.78 is 11.1. The second-order valence-corrected chi connectivity index (χ2v) is 6.78. The number of hydrogen-bond acceptors (Lipinski definition) is 6. The van der Waals surface area contributed by atoms with Gasteiger partial charge in [-0.2, -0.15) is 0 Å². The highest BCUT2D eigenvalue weighted by molar-refractivity contribution is 5.87. The lowest BCUT2D eigenvalue weighted by molar-refractivity contribution is 0.183. The fourth-order valence-corrected chi connectivity index (χ4v) is 3.48. The highest BCUT2D eigenvalue weighted by atomic mass is 16.5. The minimum Gasteiger partial charge on any atom is -0.491 e. The number of H-pyrrole nitrogens is 1. The van der Waals surface area contributed by atoms with E-state index in [-0.39, 0.29) is 0 Å². The average Bonchev–Trinajstić information content (AvgIpc) is 3.14. The Bertz CT molecular complexity index is 965. The Balaban J connectivity index is 1.55. The number of likely N-dealkylation sites (tertiary alicyclic amines) is 1. The van der Waals surface area contributed by atoms with Gasteiger partial charge in [0.05, 0.1) is 11.1 Å². The molecule has 3 aromatic rings. The monoisotopic (exact) mass is 381 g/mol. The molecule has 0 unspecified atom stereocenters. The largest absolute Gasteiger partial charge is 0.491 e. The number of carbonyl (C=O) groups is 1. The third-order valence-corrected chi connectivity index (χ3v) is 4.84. The standard InChI is InChI=1S/C20H23N5O3/c21-20(26)28-17-6-4-5-15-18(17)24-19(23-15)14-13-22-8-7-16(14)27-12-11-25-9-2-1-3-10-25/h4-8,13H,1-3,9-12H2,(H2,21,26)(H,23,24). The van der Waals surface area contributed by atoms with Crippen molar-refractivity contribution in [1.82, 2.24) is 19.9 Å². The van der Waals surface area contributed by atoms with Gasteiger partial charge in [-0.15, -0.1) is 0 Å². The van der Waals surface area contributed by atoms with Crippen LogP contribution < -0.4 is 15.2 Å². The molecule has 1 aliphatic rings. The second kappa shape index (κ2) is 8.26. The Morgan fingerprint density at radius 1 is 1.18 bits per heavy atom. The van der Waals surface area contributed by atoms with Crippen molar-refractivity contribution >= 4 is 17.1 Å². The number of carbonyl (C=O) groups excluding carboxylic acids is 1. The zero-order valence-electron chi connectivity index (χ0n) is 15.6. The molecule has 0 atom stereocenters. The van der Waals surface area contributed by atoms with Crippen molar-refractivity contribution in [1.29, 1.82) is 0 Å². The van der Waals surface area contributed by atoms with Crippen LogP contribution in [0, 0.1) is 0 Å². The van der Waals surface area contributed by atoms with Crippen molar-refractivity contribution in [2.45, 2.75) is 19.3 Å². The highest BCUT2D eigenvalue weighted by Gasteiger charge is 2.15. The van der Waals surface area contributed by atoms with E-state index in [0.29, 0.717) is 29.4 Å². The van der Waals surface area contributed by atoms with Gasteiger partial charge in [0.2, 0.25) is 0 Å². The number of fused-ring (bicyclic) bond motifs is 1. The Hall–Kier alpha value is -3.13. The zero-order chi connectivity index (χ0) is 19.3. The van der Waals surface area contributed by atoms with Crippen molar-refractivity contribution in [2.24, 2.45) is 5.73 Å². The molecule has 0 radical (unpaired) electrons. The van der Waals surface area contributed by atoms with Crippen LogP contribution in [0.2, 0.25) is 0 Å². The predicted octanol–water partition coefficient (Wildman–Crippen LogP) is 2.95. The molecule has 0 aliphatic carbocycles. The SMILES string of the molecule is NC(=O)Oc1cccc2[nH]c(-c3cnccc3OCCN3CCCCC3)nc12. The molecule has 8 heteroatoms. The first-order valence-corrected chi connectivity index (χ1v) is 9.46. The summed E-state index contributed by atoms with van der Waals surface area (Å²) in [5.41, 5.74) is 7.15. The van der Waals surface area contributed by atoms with E-state index in [2.05, 4.69) is 19.9 Å². The minimum absolute atomic E-state index is 0.309. The van der Waals surface area contributed by atoms with Crippen molar-refractivity contribution < 1.29 is 14.3 Å². The van der Waals surface area contributed by atoms with Crippen molar-refractivity contribution in [2.75, 3.05) is 26.2 Å². The molecule has 0 spiro atoms. The first kappa shape index (κ1) is 18.2. The molecule has 0 saturated carbocycles. The van der Waals surface area contributed by atoms with Gasteiger partial charge in [0.15, 0.2) is 5.75 Å². The molecule has 8 nitrogen and oxygen atoms in total. The quantitative estimate of drug-likeness (QED) is 0.680. The molecule has 1 amide bonds. The third kappa shape index (κ3) is 4.07. The first-order chi connectivity index (χ1) is 13.7. The van der Waals surface area contributed by atoms with Gasteiger partial charge in [-0.3, -0.25) is 9.88 Å². The molecular weight excluding hydrogens is 358 g/mol. The van der Waals surface area contributed by atoms with Crippen molar-refractivity contribution in [3.63, 3.8) is 0 Å². The number of para-hydroxylation sites is 1. The van der Waals surface area contributed by atoms with Crippen LogP contribution in [0.3, 0.4) is 0 Å². The number of primary amides is 1. The first-order valence-electron chi connectivity index (χ1n) is 9.46. The van der Waals surface area contributed by atoms with Gasteiger partial charge in [-0.1, -0.05) is 12.5 Å². The number of rotatable bonds is 6. The Morgan fingerprint density at radius 2 is 2.04 bits per heavy atom. The summed E-state index contributed by atoms with van der Waals surface area (Å²) in [6.45, 7) is 3.78. The summed E-state index contributed by atoms with van der Waals surface area (Å²) in [5.74, 6) is 1.61. The van der Waals surface area contributed by atoms with E-state index in [1.54, 1.807) is 24.5 Å². The number of hydrogen-bond donors (Lipinski definition) is 2. The minimum atomic E-state index is -0.875. The van der Waals surface area contributed by atoms with E-state index < -0.39 is 6.09 Å². The molecule has 2 aromatic heterocycles. The number of nitrogens with zero attached hydrogens (tertiary/aromatic N) is 3. The van der Waals surface area contributed by atoms with Gasteiger partial charge in [0, 0.05) is 18.9 Å². The number of aromatic nitrogens is 3. The summed E-state index contributed by atoms with van der Waals surface area (Å²) in [6.07, 6.45) is 6.37. The number of aromatic amines is 1. The lowest BCUT2D eigenvalue weighted by Crippen LogP contribution is -2.33. The van der Waals surface area contributed by atoms with E-state index in [9.17, 15) is 4.79 Å². The number of nitrogens with one attached hydrogen (secondary N) is 1. The Kier molecular flexibility index (Phi) is 5.38. The fraction of sp³-hybridized carbons (Fsp3) is 0.350. The number of benzene rings is 1. The van der Waals surface area contributed by atoms with Crippen LogP contribution >= 0.6 is 0 Å². The molecule has 0 bridgehead atoms. The van der Waals surface area contributed by atoms with Crippen LogP contribution in [0.5, 0.6) is 11.5 Å². The lowest BCUT2D eigenvalue weighted by atomic mass is 10.1. The third-order valence-electron chi connectivity index (χ3n) is 4.84. The van der Waals surface area contributed by atoms with E-state index in [1.807, 2.05) is 12.1 Å². The molecule has 1 aliphatic heterocycles. The molecular formula is C20H23N5O3. The Labute approximate surface area is 162 Å². The molecule has 1 fully saturated rings. The van der Waals surface area contributed by atoms with E-state index in [4.69, 9.17) is 15.2 Å². The molecule has 1 saturated heterocycles. The molecule has 1 aromatic carbocycles. The van der Waals surface area contributed by atoms with Gasteiger partial charge in [-0.25, -0.2) is 9.78 Å². The van der Waals surface area contributed by atoms with Gasteiger partial charge in [0.25, 0.3) is 0 Å². The number of amides is 1. The molecule has 146 valence electrons. The number of nitrogens with two attached hydrogens (primary N) is 1. The molecule has 3 heterocycles. The van der Waals surface area contributed by atoms with Crippen LogP contribution in [-0.2, 0) is 0 Å². The van der Waals surface area contributed by atoms with Crippen LogP contribution in [0.25, 0.3) is 22.4 Å². The smallest absolute Gasteiger partial charge is 0.410 e. The summed E-state index contributed by atoms with van der Waals surface area (Å²) in [4.78, 5) is 25.6. The lowest BCUT2D eigenvalue weighted by Gasteiger charge is -2.26. The average molecular weight is 381 g/mol. The number of piperidine rings is 1. The molecule has 28 heavy (non-hydrogen) atoms. The summed E-state index contributed by atoms with van der Waals surface area (Å²) >= 11 is 0. The predicted molar refractivity (Wildman–Crippen MR) is 105 cm³/mol. The highest BCUT2D eigenvalue weighted by Crippen LogP contribution is 2.31. The van der Waals surface area contributed by atoms with E-state index in [1.165, 1.54) is 19.3 Å². The van der Waals surface area contributed by atoms with Gasteiger partial charge >= 0.3 is 6.09 Å². The maximum atomic E-state index is 11.1. The van der Waals surface area contributed by atoms with Crippen LogP contribution in [-0.4, -0.2) is 52.2 Å². The van der Waals surface area contributed by atoms with E-state index in [0.717, 1.165) is 30.7 Å². The Morgan fingerprint density at radius 3 is 2.86 bits per heavy atom. The number of ether oxygens (including phenoxy) is 2. The van der Waals surface area contributed by atoms with Gasteiger partial charge in [-0.05, 0) is 44.1 Å². The number of pyridine rings is 1. The van der Waals surface area contributed by atoms with Crippen LogP contribution in [0.1, 0.15) is 19.3 Å². The molecule has 4 rings (SSSR count). The van der Waals surface area contributed by atoms with Crippen LogP contribution in [0.4, 0.5) is 4.79 Å². The maximum Gasteiger partial charge on any atom is 0.410 e. The second-order valence-electron chi connectivity index (χ2n) is 6.78. The van der Waals surface area contributed by atoms with Gasteiger partial charge < -0.3 is 20.2 Å². The van der Waals surface area contributed by atoms with E-state index >= 15 is 0 Å². The molecule has 3 N–H and O–H groups in total. The van der Waals surface area contributed by atoms with Crippen LogP contribution in [0.15, 0.2) is 36.7 Å². The topological polar surface area (TPSA) is 106 Å². The summed E-state index contributed by atoms with van der Waals surface area (Å²) in [5, 5.41) is 0. The summed E-state index contributed by atoms with van der Waals surface area (Å²) in [7, 11) is 0. The zero-order valence-corrected chi connectivity index (χ0v) is 15.6. The maximum absolute atomic E-state index is 11.1.